The van der Waals surface area contributed by atoms with Crippen molar-refractivity contribution in [3.63, 3.8) is 0 Å². The van der Waals surface area contributed by atoms with E-state index in [0.29, 0.717) is 23.8 Å². The first-order chi connectivity index (χ1) is 9.29. The first-order valence-electron chi connectivity index (χ1n) is 6.09. The lowest BCUT2D eigenvalue weighted by molar-refractivity contribution is 0.344. The monoisotopic (exact) mass is 277 g/mol. The van der Waals surface area contributed by atoms with Crippen molar-refractivity contribution in [3.8, 4) is 5.75 Å². The van der Waals surface area contributed by atoms with E-state index >= 15 is 0 Å². The van der Waals surface area contributed by atoms with Gasteiger partial charge in [-0.25, -0.2) is 4.39 Å². The molecule has 0 aliphatic heterocycles. The molecule has 0 heterocycles. The predicted octanol–water partition coefficient (Wildman–Crippen LogP) is 3.46. The first-order valence-corrected chi connectivity index (χ1v) is 7.07. The molecular formula is C15H16FNOS. The lowest BCUT2D eigenvalue weighted by Gasteiger charge is -2.07. The fraction of sp³-hybridized carbons (Fsp3) is 0.200. The van der Waals surface area contributed by atoms with Crippen molar-refractivity contribution in [2.75, 3.05) is 12.4 Å². The first kappa shape index (κ1) is 13.9. The zero-order valence-electron chi connectivity index (χ0n) is 10.5. The van der Waals surface area contributed by atoms with Crippen LogP contribution in [0.15, 0.2) is 53.4 Å². The van der Waals surface area contributed by atoms with Crippen molar-refractivity contribution < 1.29 is 9.13 Å². The number of hydrogen-bond acceptors (Lipinski definition) is 3. The van der Waals surface area contributed by atoms with Crippen molar-refractivity contribution in [1.29, 1.82) is 0 Å². The summed E-state index contributed by atoms with van der Waals surface area (Å²) in [6.07, 6.45) is 0. The van der Waals surface area contributed by atoms with Crippen LogP contribution in [-0.4, -0.2) is 12.4 Å². The molecule has 100 valence electrons. The van der Waals surface area contributed by atoms with Crippen LogP contribution >= 0.6 is 11.8 Å². The predicted molar refractivity (Wildman–Crippen MR) is 77.0 cm³/mol. The Morgan fingerprint density at radius 2 is 1.79 bits per heavy atom. The number of ether oxygens (including phenoxy) is 1. The molecule has 0 aliphatic rings. The number of thioether (sulfide) groups is 1. The standard InChI is InChI=1S/C15H16FNOS/c16-14-3-1-2-4-15(14)19-10-9-18-13-7-5-12(11-17)6-8-13/h1-8H,9-11,17H2. The zero-order chi connectivity index (χ0) is 13.5. The molecule has 0 aromatic heterocycles. The van der Waals surface area contributed by atoms with E-state index in [0.717, 1.165) is 11.3 Å². The minimum atomic E-state index is -0.181. The van der Waals surface area contributed by atoms with Gasteiger partial charge >= 0.3 is 0 Å². The average Bonchev–Trinajstić information content (AvgIpc) is 2.46. The minimum Gasteiger partial charge on any atom is -0.493 e. The highest BCUT2D eigenvalue weighted by Crippen LogP contribution is 2.21. The van der Waals surface area contributed by atoms with Crippen LogP contribution in [0.2, 0.25) is 0 Å². The summed E-state index contributed by atoms with van der Waals surface area (Å²) in [4.78, 5) is 0.657. The van der Waals surface area contributed by atoms with Crippen LogP contribution in [0.5, 0.6) is 5.75 Å². The summed E-state index contributed by atoms with van der Waals surface area (Å²) in [7, 11) is 0. The molecule has 19 heavy (non-hydrogen) atoms. The fourth-order valence-corrected chi connectivity index (χ4v) is 2.36. The number of rotatable bonds is 6. The van der Waals surface area contributed by atoms with Gasteiger partial charge in [-0.1, -0.05) is 24.3 Å². The molecule has 2 nitrogen and oxygen atoms in total. The normalized spacial score (nSPS) is 10.4. The minimum absolute atomic E-state index is 0.181. The summed E-state index contributed by atoms with van der Waals surface area (Å²) in [5.74, 6) is 1.34. The SMILES string of the molecule is NCc1ccc(OCCSc2ccccc2F)cc1. The molecule has 2 N–H and O–H groups in total. The molecule has 2 aromatic carbocycles. The maximum Gasteiger partial charge on any atom is 0.136 e. The molecule has 0 bridgehead atoms. The smallest absolute Gasteiger partial charge is 0.136 e. The highest BCUT2D eigenvalue weighted by Gasteiger charge is 2.01. The molecule has 4 heteroatoms. The van der Waals surface area contributed by atoms with Crippen LogP contribution in [0, 0.1) is 5.82 Å². The summed E-state index contributed by atoms with van der Waals surface area (Å²) in [5, 5.41) is 0. The van der Waals surface area contributed by atoms with Gasteiger partial charge in [0.1, 0.15) is 11.6 Å². The molecule has 2 aromatic rings. The van der Waals surface area contributed by atoms with E-state index in [-0.39, 0.29) is 5.82 Å². The van der Waals surface area contributed by atoms with Crippen LogP contribution in [0.1, 0.15) is 5.56 Å². The van der Waals surface area contributed by atoms with E-state index in [9.17, 15) is 4.39 Å². The molecule has 0 fully saturated rings. The van der Waals surface area contributed by atoms with Crippen molar-refractivity contribution in [3.05, 3.63) is 59.9 Å². The third kappa shape index (κ3) is 4.26. The van der Waals surface area contributed by atoms with Crippen LogP contribution in [0.25, 0.3) is 0 Å². The van der Waals surface area contributed by atoms with Crippen LogP contribution < -0.4 is 10.5 Å². The van der Waals surface area contributed by atoms with E-state index < -0.39 is 0 Å². The third-order valence-corrected chi connectivity index (χ3v) is 3.62. The van der Waals surface area contributed by atoms with E-state index in [1.54, 1.807) is 12.1 Å². The second-order valence-electron chi connectivity index (χ2n) is 3.98. The maximum absolute atomic E-state index is 13.3. The number of hydrogen-bond donors (Lipinski definition) is 1. The lowest BCUT2D eigenvalue weighted by atomic mass is 10.2. The van der Waals surface area contributed by atoms with Crippen LogP contribution in [0.3, 0.4) is 0 Å². The van der Waals surface area contributed by atoms with Gasteiger partial charge in [0.05, 0.1) is 6.61 Å². The van der Waals surface area contributed by atoms with Gasteiger partial charge in [-0.2, -0.15) is 0 Å². The maximum atomic E-state index is 13.3. The van der Waals surface area contributed by atoms with Crippen molar-refractivity contribution in [2.24, 2.45) is 5.73 Å². The fourth-order valence-electron chi connectivity index (χ4n) is 1.59. The van der Waals surface area contributed by atoms with Gasteiger partial charge in [-0.05, 0) is 29.8 Å². The Labute approximate surface area is 116 Å². The van der Waals surface area contributed by atoms with E-state index in [1.165, 1.54) is 17.8 Å². The molecule has 0 saturated heterocycles. The molecule has 0 atom stereocenters. The van der Waals surface area contributed by atoms with Gasteiger partial charge in [-0.3, -0.25) is 0 Å². The Hall–Kier alpha value is -1.52. The molecule has 0 spiro atoms. The Morgan fingerprint density at radius 1 is 1.05 bits per heavy atom. The number of halogens is 1. The highest BCUT2D eigenvalue weighted by molar-refractivity contribution is 7.99. The van der Waals surface area contributed by atoms with Crippen molar-refractivity contribution in [1.82, 2.24) is 0 Å². The zero-order valence-corrected chi connectivity index (χ0v) is 11.3. The summed E-state index contributed by atoms with van der Waals surface area (Å²) in [6, 6.07) is 14.4. The summed E-state index contributed by atoms with van der Waals surface area (Å²) < 4.78 is 18.9. The second kappa shape index (κ2) is 7.16. The highest BCUT2D eigenvalue weighted by atomic mass is 32.2. The molecule has 0 amide bonds. The van der Waals surface area contributed by atoms with Crippen LogP contribution in [0.4, 0.5) is 4.39 Å². The molecule has 0 saturated carbocycles. The quantitative estimate of drug-likeness (QED) is 0.649. The van der Waals surface area contributed by atoms with Gasteiger partial charge < -0.3 is 10.5 Å². The molecule has 0 aliphatic carbocycles. The van der Waals surface area contributed by atoms with Gasteiger partial charge in [-0.15, -0.1) is 11.8 Å². The molecular weight excluding hydrogens is 261 g/mol. The van der Waals surface area contributed by atoms with Gasteiger partial charge in [0.15, 0.2) is 0 Å². The van der Waals surface area contributed by atoms with Gasteiger partial charge in [0.25, 0.3) is 0 Å². The third-order valence-electron chi connectivity index (χ3n) is 2.61. The van der Waals surface area contributed by atoms with E-state index in [2.05, 4.69) is 0 Å². The Balaban J connectivity index is 1.76. The summed E-state index contributed by atoms with van der Waals surface area (Å²) in [5.41, 5.74) is 6.60. The van der Waals surface area contributed by atoms with Crippen molar-refractivity contribution >= 4 is 11.8 Å². The van der Waals surface area contributed by atoms with Crippen LogP contribution in [-0.2, 0) is 6.54 Å². The Kier molecular flexibility index (Phi) is 5.24. The topological polar surface area (TPSA) is 35.2 Å². The Morgan fingerprint density at radius 3 is 2.47 bits per heavy atom. The van der Waals surface area contributed by atoms with Gasteiger partial charge in [0.2, 0.25) is 0 Å². The number of nitrogens with two attached hydrogens (primary N) is 1. The van der Waals surface area contributed by atoms with Gasteiger partial charge in [0, 0.05) is 17.2 Å². The second-order valence-corrected chi connectivity index (χ2v) is 5.11. The molecule has 0 radical (unpaired) electrons. The number of benzene rings is 2. The van der Waals surface area contributed by atoms with E-state index in [4.69, 9.17) is 10.5 Å². The average molecular weight is 277 g/mol. The lowest BCUT2D eigenvalue weighted by Crippen LogP contribution is -2.01. The molecule has 0 unspecified atom stereocenters. The summed E-state index contributed by atoms with van der Waals surface area (Å²) >= 11 is 1.45. The largest absolute Gasteiger partial charge is 0.493 e. The summed E-state index contributed by atoms with van der Waals surface area (Å²) in [6.45, 7) is 1.07. The van der Waals surface area contributed by atoms with E-state index in [1.807, 2.05) is 30.3 Å². The molecule has 2 rings (SSSR count). The Bertz CT molecular complexity index is 516. The van der Waals surface area contributed by atoms with Crippen molar-refractivity contribution in [2.45, 2.75) is 11.4 Å².